The van der Waals surface area contributed by atoms with E-state index in [0.717, 1.165) is 19.3 Å². The minimum absolute atomic E-state index is 0.0129. The molecule has 1 atom stereocenters. The minimum atomic E-state index is -0.838. The van der Waals surface area contributed by atoms with Gasteiger partial charge in [0, 0.05) is 25.2 Å². The third kappa shape index (κ3) is 6.06. The molecule has 0 saturated carbocycles. The Hall–Kier alpha value is -1.50. The van der Waals surface area contributed by atoms with Gasteiger partial charge in [0.15, 0.2) is 6.61 Å². The topological polar surface area (TPSA) is 70.1 Å². The van der Waals surface area contributed by atoms with E-state index in [1.165, 1.54) is 0 Å². The van der Waals surface area contributed by atoms with Crippen LogP contribution in [0.1, 0.15) is 19.3 Å². The first-order chi connectivity index (χ1) is 11.9. The van der Waals surface area contributed by atoms with Crippen molar-refractivity contribution in [1.29, 1.82) is 0 Å². The molecule has 0 radical (unpaired) electrons. The van der Waals surface area contributed by atoms with Crippen LogP contribution in [0.4, 0.5) is 0 Å². The van der Waals surface area contributed by atoms with Gasteiger partial charge in [-0.15, -0.1) is 0 Å². The molecule has 1 saturated heterocycles. The number of ether oxygens (including phenoxy) is 1. The number of carbonyl (C=O) groups excluding carboxylic acids is 1. The lowest BCUT2D eigenvalue weighted by Gasteiger charge is -2.25. The molecule has 0 spiro atoms. The highest BCUT2D eigenvalue weighted by molar-refractivity contribution is 6.42. The van der Waals surface area contributed by atoms with Gasteiger partial charge in [-0.2, -0.15) is 0 Å². The van der Waals surface area contributed by atoms with E-state index in [2.05, 4.69) is 0 Å². The zero-order valence-electron chi connectivity index (χ0n) is 14.1. The Morgan fingerprint density at radius 2 is 2.04 bits per heavy atom. The van der Waals surface area contributed by atoms with Gasteiger partial charge in [0.25, 0.3) is 5.91 Å². The van der Waals surface area contributed by atoms with Crippen LogP contribution in [0.5, 0.6) is 5.75 Å². The molecule has 1 fully saturated rings. The molecule has 1 aromatic rings. The number of benzene rings is 1. The number of carboxylic acids is 1. The summed E-state index contributed by atoms with van der Waals surface area (Å²) in [6, 6.07) is 5.04. The molecule has 0 bridgehead atoms. The third-order valence-electron chi connectivity index (χ3n) is 4.31. The monoisotopic (exact) mass is 388 g/mol. The second-order valence-corrected chi connectivity index (χ2v) is 6.95. The van der Waals surface area contributed by atoms with Gasteiger partial charge in [-0.1, -0.05) is 23.2 Å². The Morgan fingerprint density at radius 1 is 1.28 bits per heavy atom. The molecule has 1 aliphatic heterocycles. The van der Waals surface area contributed by atoms with E-state index in [4.69, 9.17) is 33.0 Å². The molecule has 1 heterocycles. The first-order valence-electron chi connectivity index (χ1n) is 8.14. The quantitative estimate of drug-likeness (QED) is 0.810. The maximum atomic E-state index is 12.4. The fourth-order valence-corrected chi connectivity index (χ4v) is 3.20. The standard InChI is InChI=1S/C17H22Cl2N2O4/c1-20(10-17(23)24)12-3-2-7-21(8-6-12)16(22)11-25-13-4-5-14(18)15(19)9-13/h4-5,9,12H,2-3,6-8,10-11H2,1H3,(H,23,24). The van der Waals surface area contributed by atoms with Crippen LogP contribution in [0, 0.1) is 0 Å². The summed E-state index contributed by atoms with van der Waals surface area (Å²) in [4.78, 5) is 26.8. The van der Waals surface area contributed by atoms with Crippen LogP contribution in [0.2, 0.25) is 10.0 Å². The van der Waals surface area contributed by atoms with Crippen LogP contribution in [0.3, 0.4) is 0 Å². The summed E-state index contributed by atoms with van der Waals surface area (Å²) in [7, 11) is 1.81. The van der Waals surface area contributed by atoms with Crippen molar-refractivity contribution in [2.75, 3.05) is 33.3 Å². The summed E-state index contributed by atoms with van der Waals surface area (Å²) in [5, 5.41) is 9.71. The van der Waals surface area contributed by atoms with Gasteiger partial charge < -0.3 is 14.7 Å². The van der Waals surface area contributed by atoms with Crippen LogP contribution in [0.15, 0.2) is 18.2 Å². The van der Waals surface area contributed by atoms with Crippen LogP contribution >= 0.6 is 23.2 Å². The molecule has 1 unspecified atom stereocenters. The number of rotatable bonds is 6. The van der Waals surface area contributed by atoms with Gasteiger partial charge in [0.1, 0.15) is 5.75 Å². The fourth-order valence-electron chi connectivity index (χ4n) is 2.91. The molecular formula is C17H22Cl2N2O4. The zero-order chi connectivity index (χ0) is 18.4. The van der Waals surface area contributed by atoms with E-state index in [0.29, 0.717) is 28.9 Å². The van der Waals surface area contributed by atoms with Crippen molar-refractivity contribution in [3.8, 4) is 5.75 Å². The highest BCUT2D eigenvalue weighted by Gasteiger charge is 2.24. The van der Waals surface area contributed by atoms with Gasteiger partial charge in [-0.05, 0) is 38.4 Å². The smallest absolute Gasteiger partial charge is 0.317 e. The second kappa shape index (κ2) is 9.27. The number of likely N-dealkylation sites (N-methyl/N-ethyl adjacent to an activating group) is 1. The molecule has 1 amide bonds. The first kappa shape index (κ1) is 19.8. The lowest BCUT2D eigenvalue weighted by molar-refractivity contribution is -0.138. The third-order valence-corrected chi connectivity index (χ3v) is 5.05. The number of carboxylic acid groups (broad SMARTS) is 1. The Bertz CT molecular complexity index is 627. The molecule has 1 aliphatic rings. The van der Waals surface area contributed by atoms with E-state index >= 15 is 0 Å². The molecule has 25 heavy (non-hydrogen) atoms. The van der Waals surface area contributed by atoms with Crippen molar-refractivity contribution < 1.29 is 19.4 Å². The average Bonchev–Trinajstić information content (AvgIpc) is 2.81. The fraction of sp³-hybridized carbons (Fsp3) is 0.529. The Kier molecular flexibility index (Phi) is 7.35. The molecule has 138 valence electrons. The Morgan fingerprint density at radius 3 is 2.72 bits per heavy atom. The molecular weight excluding hydrogens is 367 g/mol. The van der Waals surface area contributed by atoms with E-state index in [-0.39, 0.29) is 25.1 Å². The van der Waals surface area contributed by atoms with Crippen LogP contribution < -0.4 is 4.74 Å². The lowest BCUT2D eigenvalue weighted by Crippen LogP contribution is -2.38. The molecule has 8 heteroatoms. The van der Waals surface area contributed by atoms with Crippen molar-refractivity contribution >= 4 is 35.1 Å². The predicted octanol–water partition coefficient (Wildman–Crippen LogP) is 2.77. The molecule has 6 nitrogen and oxygen atoms in total. The summed E-state index contributed by atoms with van der Waals surface area (Å²) in [5.74, 6) is -0.432. The summed E-state index contributed by atoms with van der Waals surface area (Å²) in [5.41, 5.74) is 0. The number of carbonyl (C=O) groups is 2. The summed E-state index contributed by atoms with van der Waals surface area (Å²) in [6.07, 6.45) is 2.47. The Labute approximate surface area is 157 Å². The van der Waals surface area contributed by atoms with Gasteiger partial charge in [0.05, 0.1) is 16.6 Å². The summed E-state index contributed by atoms with van der Waals surface area (Å²) < 4.78 is 5.50. The molecule has 1 aromatic carbocycles. The highest BCUT2D eigenvalue weighted by atomic mass is 35.5. The second-order valence-electron chi connectivity index (χ2n) is 6.14. The average molecular weight is 389 g/mol. The normalized spacial score (nSPS) is 18.1. The Balaban J connectivity index is 1.83. The van der Waals surface area contributed by atoms with Crippen molar-refractivity contribution in [1.82, 2.24) is 9.80 Å². The van der Waals surface area contributed by atoms with Crippen molar-refractivity contribution in [3.63, 3.8) is 0 Å². The minimum Gasteiger partial charge on any atom is -0.484 e. The van der Waals surface area contributed by atoms with E-state index in [1.54, 1.807) is 23.1 Å². The van der Waals surface area contributed by atoms with Gasteiger partial charge >= 0.3 is 5.97 Å². The summed E-state index contributed by atoms with van der Waals surface area (Å²) in [6.45, 7) is 1.20. The van der Waals surface area contributed by atoms with E-state index in [9.17, 15) is 9.59 Å². The zero-order valence-corrected chi connectivity index (χ0v) is 15.6. The largest absolute Gasteiger partial charge is 0.484 e. The number of nitrogens with zero attached hydrogens (tertiary/aromatic N) is 2. The number of likely N-dealkylation sites (tertiary alicyclic amines) is 1. The SMILES string of the molecule is CN(CC(=O)O)C1CCCN(C(=O)COc2ccc(Cl)c(Cl)c2)CC1. The maximum Gasteiger partial charge on any atom is 0.317 e. The molecule has 0 aliphatic carbocycles. The number of hydrogen-bond donors (Lipinski definition) is 1. The van der Waals surface area contributed by atoms with Gasteiger partial charge in [-0.3, -0.25) is 14.5 Å². The van der Waals surface area contributed by atoms with Gasteiger partial charge in [-0.25, -0.2) is 0 Å². The van der Waals surface area contributed by atoms with Crippen LogP contribution in [-0.2, 0) is 9.59 Å². The first-order valence-corrected chi connectivity index (χ1v) is 8.90. The molecule has 2 rings (SSSR count). The number of halogens is 2. The maximum absolute atomic E-state index is 12.4. The van der Waals surface area contributed by atoms with E-state index < -0.39 is 5.97 Å². The van der Waals surface area contributed by atoms with Crippen molar-refractivity contribution in [3.05, 3.63) is 28.2 Å². The predicted molar refractivity (Wildman–Crippen MR) is 96.4 cm³/mol. The lowest BCUT2D eigenvalue weighted by atomic mass is 10.1. The molecule has 0 aromatic heterocycles. The number of amides is 1. The van der Waals surface area contributed by atoms with Crippen molar-refractivity contribution in [2.45, 2.75) is 25.3 Å². The number of aliphatic carboxylic acids is 1. The summed E-state index contributed by atoms with van der Waals surface area (Å²) >= 11 is 11.8. The highest BCUT2D eigenvalue weighted by Crippen LogP contribution is 2.26. The number of hydrogen-bond acceptors (Lipinski definition) is 4. The van der Waals surface area contributed by atoms with Gasteiger partial charge in [0.2, 0.25) is 0 Å². The van der Waals surface area contributed by atoms with Crippen LogP contribution in [-0.4, -0.2) is 66.1 Å². The van der Waals surface area contributed by atoms with Crippen molar-refractivity contribution in [2.24, 2.45) is 0 Å². The van der Waals surface area contributed by atoms with E-state index in [1.807, 2.05) is 11.9 Å². The van der Waals surface area contributed by atoms with Crippen LogP contribution in [0.25, 0.3) is 0 Å². The molecule has 1 N–H and O–H groups in total.